The summed E-state index contributed by atoms with van der Waals surface area (Å²) in [5.41, 5.74) is -0.498. The van der Waals surface area contributed by atoms with Crippen LogP contribution in [0.3, 0.4) is 0 Å². The third-order valence-electron chi connectivity index (χ3n) is 2.87. The molecule has 0 aromatic heterocycles. The molecule has 0 saturated carbocycles. The normalized spacial score (nSPS) is 10.4. The van der Waals surface area contributed by atoms with Crippen molar-refractivity contribution in [1.82, 2.24) is 4.90 Å². The van der Waals surface area contributed by atoms with Gasteiger partial charge in [-0.2, -0.15) is 0 Å². The summed E-state index contributed by atoms with van der Waals surface area (Å²) in [5.74, 6) is -1.30. The van der Waals surface area contributed by atoms with E-state index in [2.05, 4.69) is 0 Å². The summed E-state index contributed by atoms with van der Waals surface area (Å²) >= 11 is 0. The fourth-order valence-corrected chi connectivity index (χ4v) is 1.76. The number of carbonyl (C=O) groups is 1. The fourth-order valence-electron chi connectivity index (χ4n) is 1.76. The van der Waals surface area contributed by atoms with Crippen LogP contribution in [0.2, 0.25) is 0 Å². The number of nitro benzene ring substituents is 1. The van der Waals surface area contributed by atoms with E-state index in [0.717, 1.165) is 12.1 Å². The van der Waals surface area contributed by atoms with Crippen LogP contribution in [0.15, 0.2) is 12.1 Å². The van der Waals surface area contributed by atoms with Crippen LogP contribution in [-0.2, 0) is 4.74 Å². The van der Waals surface area contributed by atoms with Gasteiger partial charge in [-0.05, 0) is 18.9 Å². The van der Waals surface area contributed by atoms with E-state index >= 15 is 0 Å². The number of nitrogens with zero attached hydrogens (tertiary/aromatic N) is 2. The zero-order chi connectivity index (χ0) is 15.3. The van der Waals surface area contributed by atoms with Gasteiger partial charge in [0.05, 0.1) is 10.5 Å². The van der Waals surface area contributed by atoms with E-state index in [1.807, 2.05) is 0 Å². The van der Waals surface area contributed by atoms with Crippen molar-refractivity contribution >= 4 is 11.6 Å². The molecule has 0 bridgehead atoms. The number of ether oxygens (including phenoxy) is 1. The Labute approximate surface area is 116 Å². The lowest BCUT2D eigenvalue weighted by Crippen LogP contribution is -2.29. The third kappa shape index (κ3) is 3.74. The monoisotopic (exact) mass is 284 g/mol. The number of methoxy groups -OCH3 is 1. The van der Waals surface area contributed by atoms with Gasteiger partial charge >= 0.3 is 0 Å². The van der Waals surface area contributed by atoms with Crippen LogP contribution in [0.4, 0.5) is 10.1 Å². The van der Waals surface area contributed by atoms with E-state index in [9.17, 15) is 19.3 Å². The van der Waals surface area contributed by atoms with E-state index in [0.29, 0.717) is 19.6 Å². The number of aryl methyl sites for hydroxylation is 1. The predicted octanol–water partition coefficient (Wildman–Crippen LogP) is 2.15. The molecule has 0 aliphatic carbocycles. The van der Waals surface area contributed by atoms with Crippen molar-refractivity contribution in [2.24, 2.45) is 0 Å². The summed E-state index contributed by atoms with van der Waals surface area (Å²) in [7, 11) is 3.07. The summed E-state index contributed by atoms with van der Waals surface area (Å²) in [6.45, 7) is 2.26. The quantitative estimate of drug-likeness (QED) is 0.456. The molecular formula is C13H17FN2O4. The molecule has 1 aromatic rings. The van der Waals surface area contributed by atoms with Gasteiger partial charge in [0.15, 0.2) is 0 Å². The van der Waals surface area contributed by atoms with Gasteiger partial charge in [-0.3, -0.25) is 14.9 Å². The molecule has 0 unspecified atom stereocenters. The summed E-state index contributed by atoms with van der Waals surface area (Å²) in [6.07, 6.45) is 0.605. The number of hydrogen-bond acceptors (Lipinski definition) is 4. The number of rotatable bonds is 6. The lowest BCUT2D eigenvalue weighted by Gasteiger charge is -2.17. The summed E-state index contributed by atoms with van der Waals surface area (Å²) in [6, 6.07) is 2.08. The molecule has 0 atom stereocenters. The Morgan fingerprint density at radius 2 is 2.15 bits per heavy atom. The minimum absolute atomic E-state index is 0.0767. The number of non-ortho nitro benzene ring substituents is 1. The smallest absolute Gasteiger partial charge is 0.270 e. The Morgan fingerprint density at radius 1 is 1.50 bits per heavy atom. The minimum Gasteiger partial charge on any atom is -0.385 e. The van der Waals surface area contributed by atoms with Crippen molar-refractivity contribution in [3.05, 3.63) is 39.2 Å². The second-order valence-electron chi connectivity index (χ2n) is 4.45. The number of amides is 1. The minimum atomic E-state index is -0.723. The van der Waals surface area contributed by atoms with Crippen molar-refractivity contribution in [3.8, 4) is 0 Å². The summed E-state index contributed by atoms with van der Waals surface area (Å²) < 4.78 is 18.8. The Hall–Kier alpha value is -2.02. The van der Waals surface area contributed by atoms with Gasteiger partial charge in [-0.25, -0.2) is 4.39 Å². The molecule has 6 nitrogen and oxygen atoms in total. The van der Waals surface area contributed by atoms with Gasteiger partial charge in [0.2, 0.25) is 0 Å². The van der Waals surface area contributed by atoms with Crippen molar-refractivity contribution in [2.45, 2.75) is 13.3 Å². The lowest BCUT2D eigenvalue weighted by atomic mass is 10.1. The maximum absolute atomic E-state index is 13.9. The van der Waals surface area contributed by atoms with Gasteiger partial charge in [0.1, 0.15) is 5.82 Å². The van der Waals surface area contributed by atoms with Gasteiger partial charge in [-0.15, -0.1) is 0 Å². The fraction of sp³-hybridized carbons (Fsp3) is 0.462. The van der Waals surface area contributed by atoms with Crippen molar-refractivity contribution < 1.29 is 18.8 Å². The maximum Gasteiger partial charge on any atom is 0.270 e. The van der Waals surface area contributed by atoms with Crippen molar-refractivity contribution in [2.75, 3.05) is 27.3 Å². The molecule has 1 amide bonds. The zero-order valence-corrected chi connectivity index (χ0v) is 11.7. The van der Waals surface area contributed by atoms with Gasteiger partial charge in [-0.1, -0.05) is 0 Å². The van der Waals surface area contributed by atoms with Crippen LogP contribution >= 0.6 is 0 Å². The molecule has 0 heterocycles. The highest BCUT2D eigenvalue weighted by Gasteiger charge is 2.21. The Morgan fingerprint density at radius 3 is 2.70 bits per heavy atom. The molecular weight excluding hydrogens is 267 g/mol. The summed E-state index contributed by atoms with van der Waals surface area (Å²) in [4.78, 5) is 23.5. The van der Waals surface area contributed by atoms with Crippen molar-refractivity contribution in [3.63, 3.8) is 0 Å². The molecule has 0 saturated heterocycles. The molecule has 0 aliphatic rings. The number of nitro groups is 1. The molecule has 20 heavy (non-hydrogen) atoms. The van der Waals surface area contributed by atoms with Crippen LogP contribution in [0.5, 0.6) is 0 Å². The first-order valence-corrected chi connectivity index (χ1v) is 6.07. The molecule has 1 rings (SSSR count). The topological polar surface area (TPSA) is 72.7 Å². The zero-order valence-electron chi connectivity index (χ0n) is 11.7. The predicted molar refractivity (Wildman–Crippen MR) is 71.2 cm³/mol. The summed E-state index contributed by atoms with van der Waals surface area (Å²) in [5, 5.41) is 10.8. The SMILES string of the molecule is COCCCN(C)C(=O)c1cc([N+](=O)[O-])cc(C)c1F. The first-order chi connectivity index (χ1) is 9.38. The third-order valence-corrected chi connectivity index (χ3v) is 2.87. The first-order valence-electron chi connectivity index (χ1n) is 6.07. The van der Waals surface area contributed by atoms with E-state index in [1.165, 1.54) is 18.9 Å². The number of benzene rings is 1. The molecule has 0 fully saturated rings. The van der Waals surface area contributed by atoms with E-state index in [-0.39, 0.29) is 16.8 Å². The van der Waals surface area contributed by atoms with Gasteiger partial charge in [0.25, 0.3) is 11.6 Å². The van der Waals surface area contributed by atoms with E-state index in [1.54, 1.807) is 7.11 Å². The number of halogens is 1. The van der Waals surface area contributed by atoms with Gasteiger partial charge in [0, 0.05) is 39.4 Å². The van der Waals surface area contributed by atoms with Crippen LogP contribution in [-0.4, -0.2) is 43.0 Å². The second kappa shape index (κ2) is 6.95. The lowest BCUT2D eigenvalue weighted by molar-refractivity contribution is -0.385. The van der Waals surface area contributed by atoms with Crippen LogP contribution in [0, 0.1) is 22.9 Å². The molecule has 1 aromatic carbocycles. The molecule has 7 heteroatoms. The average Bonchev–Trinajstić information content (AvgIpc) is 2.40. The highest BCUT2D eigenvalue weighted by Crippen LogP contribution is 2.22. The van der Waals surface area contributed by atoms with Crippen molar-refractivity contribution in [1.29, 1.82) is 0 Å². The molecule has 0 spiro atoms. The van der Waals surface area contributed by atoms with E-state index < -0.39 is 16.6 Å². The van der Waals surface area contributed by atoms with E-state index in [4.69, 9.17) is 4.74 Å². The Balaban J connectivity index is 2.99. The van der Waals surface area contributed by atoms with Crippen LogP contribution < -0.4 is 0 Å². The van der Waals surface area contributed by atoms with Crippen LogP contribution in [0.1, 0.15) is 22.3 Å². The largest absolute Gasteiger partial charge is 0.385 e. The first kappa shape index (κ1) is 16.0. The highest BCUT2D eigenvalue weighted by atomic mass is 19.1. The Bertz CT molecular complexity index is 519. The highest BCUT2D eigenvalue weighted by molar-refractivity contribution is 5.95. The molecule has 110 valence electrons. The number of carbonyl (C=O) groups excluding carboxylic acids is 1. The molecule has 0 radical (unpaired) electrons. The Kier molecular flexibility index (Phi) is 5.57. The number of hydrogen-bond donors (Lipinski definition) is 0. The molecule has 0 N–H and O–H groups in total. The molecule has 0 aliphatic heterocycles. The second-order valence-corrected chi connectivity index (χ2v) is 4.45. The van der Waals surface area contributed by atoms with Gasteiger partial charge < -0.3 is 9.64 Å². The standard InChI is InChI=1S/C13H17FN2O4/c1-9-7-10(16(18)19)8-11(12(9)14)13(17)15(2)5-4-6-20-3/h7-8H,4-6H2,1-3H3. The maximum atomic E-state index is 13.9. The average molecular weight is 284 g/mol. The van der Waals surface area contributed by atoms with Crippen LogP contribution in [0.25, 0.3) is 0 Å².